The molecule has 0 atom stereocenters. The van der Waals surface area contributed by atoms with Crippen molar-refractivity contribution < 1.29 is 22.8 Å². The molecule has 0 spiro atoms. The summed E-state index contributed by atoms with van der Waals surface area (Å²) in [5.41, 5.74) is 0.177. The smallest absolute Gasteiger partial charge is 0.255 e. The molecule has 0 aliphatic carbocycles. The maximum atomic E-state index is 13.6. The summed E-state index contributed by atoms with van der Waals surface area (Å²) in [5.74, 6) is -3.37. The van der Waals surface area contributed by atoms with E-state index in [0.717, 1.165) is 12.1 Å². The third-order valence-corrected chi connectivity index (χ3v) is 4.01. The normalized spacial score (nSPS) is 10.4. The summed E-state index contributed by atoms with van der Waals surface area (Å²) in [6.45, 7) is 0.0142. The summed E-state index contributed by atoms with van der Waals surface area (Å²) >= 11 is 0. The van der Waals surface area contributed by atoms with Crippen molar-refractivity contribution in [2.75, 3.05) is 5.32 Å². The van der Waals surface area contributed by atoms with E-state index in [2.05, 4.69) is 10.6 Å². The van der Waals surface area contributed by atoms with Crippen molar-refractivity contribution in [3.8, 4) is 0 Å². The molecule has 28 heavy (non-hydrogen) atoms. The molecule has 3 aromatic carbocycles. The SMILES string of the molecule is O=C(NCc1ccccc1F)c1ccc(C(=O)Nc2c(F)cccc2F)cc1. The molecule has 7 heteroatoms. The molecule has 0 unspecified atom stereocenters. The third-order valence-electron chi connectivity index (χ3n) is 4.01. The first-order chi connectivity index (χ1) is 13.5. The first kappa shape index (κ1) is 19.2. The predicted octanol–water partition coefficient (Wildman–Crippen LogP) is 4.29. The number of benzene rings is 3. The number of carbonyl (C=O) groups excluding carboxylic acids is 2. The van der Waals surface area contributed by atoms with Gasteiger partial charge in [0.1, 0.15) is 23.1 Å². The zero-order valence-corrected chi connectivity index (χ0v) is 14.5. The van der Waals surface area contributed by atoms with Crippen molar-refractivity contribution in [3.05, 3.63) is 101 Å². The molecule has 0 bridgehead atoms. The minimum atomic E-state index is -0.891. The van der Waals surface area contributed by atoms with E-state index >= 15 is 0 Å². The van der Waals surface area contributed by atoms with Gasteiger partial charge in [-0.3, -0.25) is 9.59 Å². The van der Waals surface area contributed by atoms with E-state index < -0.39 is 35.0 Å². The van der Waals surface area contributed by atoms with Gasteiger partial charge in [-0.25, -0.2) is 13.2 Å². The highest BCUT2D eigenvalue weighted by Crippen LogP contribution is 2.19. The van der Waals surface area contributed by atoms with Crippen LogP contribution in [0.15, 0.2) is 66.7 Å². The van der Waals surface area contributed by atoms with Crippen molar-refractivity contribution in [1.82, 2.24) is 5.32 Å². The fourth-order valence-corrected chi connectivity index (χ4v) is 2.50. The van der Waals surface area contributed by atoms with Crippen LogP contribution in [0, 0.1) is 17.5 Å². The van der Waals surface area contributed by atoms with Crippen LogP contribution in [0.25, 0.3) is 0 Å². The topological polar surface area (TPSA) is 58.2 Å². The largest absolute Gasteiger partial charge is 0.348 e. The quantitative estimate of drug-likeness (QED) is 0.690. The Kier molecular flexibility index (Phi) is 5.74. The van der Waals surface area contributed by atoms with Gasteiger partial charge in [0.15, 0.2) is 0 Å². The highest BCUT2D eigenvalue weighted by atomic mass is 19.1. The number of rotatable bonds is 5. The molecule has 0 aliphatic rings. The van der Waals surface area contributed by atoms with Gasteiger partial charge >= 0.3 is 0 Å². The second-order valence-electron chi connectivity index (χ2n) is 5.90. The number of hydrogen-bond acceptors (Lipinski definition) is 2. The summed E-state index contributed by atoms with van der Waals surface area (Å²) in [6.07, 6.45) is 0. The van der Waals surface area contributed by atoms with Gasteiger partial charge in [0, 0.05) is 23.2 Å². The van der Waals surface area contributed by atoms with Crippen molar-refractivity contribution in [2.24, 2.45) is 0 Å². The Morgan fingerprint density at radius 3 is 1.82 bits per heavy atom. The Morgan fingerprint density at radius 1 is 0.679 bits per heavy atom. The molecule has 4 nitrogen and oxygen atoms in total. The number of halogens is 3. The van der Waals surface area contributed by atoms with Crippen molar-refractivity contribution in [1.29, 1.82) is 0 Å². The molecule has 0 saturated carbocycles. The molecule has 0 fully saturated rings. The number of amides is 2. The molecular formula is C21H15F3N2O2. The maximum absolute atomic E-state index is 13.6. The van der Waals surface area contributed by atoms with Gasteiger partial charge in [0.05, 0.1) is 0 Å². The van der Waals surface area contributed by atoms with E-state index in [4.69, 9.17) is 0 Å². The van der Waals surface area contributed by atoms with Gasteiger partial charge < -0.3 is 10.6 Å². The standard InChI is InChI=1S/C21H15F3N2O2/c22-16-5-2-1-4-15(16)12-25-20(27)13-8-10-14(11-9-13)21(28)26-19-17(23)6-3-7-18(19)24/h1-11H,12H2,(H,25,27)(H,26,28). The summed E-state index contributed by atoms with van der Waals surface area (Å²) in [6, 6.07) is 14.8. The van der Waals surface area contributed by atoms with E-state index in [1.807, 2.05) is 0 Å². The molecule has 0 heterocycles. The second kappa shape index (κ2) is 8.39. The number of para-hydroxylation sites is 1. The van der Waals surface area contributed by atoms with Gasteiger partial charge in [-0.15, -0.1) is 0 Å². The molecule has 0 saturated heterocycles. The lowest BCUT2D eigenvalue weighted by Crippen LogP contribution is -2.23. The van der Waals surface area contributed by atoms with Crippen LogP contribution in [0.2, 0.25) is 0 Å². The Hall–Kier alpha value is -3.61. The number of hydrogen-bond donors (Lipinski definition) is 2. The minimum absolute atomic E-state index is 0.0142. The summed E-state index contributed by atoms with van der Waals surface area (Å²) < 4.78 is 40.8. The van der Waals surface area contributed by atoms with Gasteiger partial charge in [0.2, 0.25) is 0 Å². The fourth-order valence-electron chi connectivity index (χ4n) is 2.50. The van der Waals surface area contributed by atoms with Crippen LogP contribution in [0.5, 0.6) is 0 Å². The fraction of sp³-hybridized carbons (Fsp3) is 0.0476. The Bertz CT molecular complexity index is 1000. The highest BCUT2D eigenvalue weighted by molar-refractivity contribution is 6.05. The van der Waals surface area contributed by atoms with E-state index in [9.17, 15) is 22.8 Å². The number of anilines is 1. The average molecular weight is 384 g/mol. The van der Waals surface area contributed by atoms with Gasteiger partial charge in [-0.05, 0) is 42.5 Å². The lowest BCUT2D eigenvalue weighted by atomic mass is 10.1. The molecular weight excluding hydrogens is 369 g/mol. The van der Waals surface area contributed by atoms with Crippen LogP contribution in [-0.2, 0) is 6.54 Å². The van der Waals surface area contributed by atoms with Crippen LogP contribution >= 0.6 is 0 Å². The molecule has 0 aromatic heterocycles. The van der Waals surface area contributed by atoms with Crippen LogP contribution < -0.4 is 10.6 Å². The minimum Gasteiger partial charge on any atom is -0.348 e. The Balaban J connectivity index is 1.65. The second-order valence-corrected chi connectivity index (χ2v) is 5.90. The number of carbonyl (C=O) groups is 2. The van der Waals surface area contributed by atoms with E-state index in [1.54, 1.807) is 18.2 Å². The third kappa shape index (κ3) is 4.37. The first-order valence-electron chi connectivity index (χ1n) is 8.33. The summed E-state index contributed by atoms with van der Waals surface area (Å²) in [4.78, 5) is 24.3. The maximum Gasteiger partial charge on any atom is 0.255 e. The zero-order chi connectivity index (χ0) is 20.1. The summed E-state index contributed by atoms with van der Waals surface area (Å²) in [5, 5.41) is 4.75. The van der Waals surface area contributed by atoms with Crippen LogP contribution in [-0.4, -0.2) is 11.8 Å². The molecule has 3 rings (SSSR count). The highest BCUT2D eigenvalue weighted by Gasteiger charge is 2.14. The summed E-state index contributed by atoms with van der Waals surface area (Å²) in [7, 11) is 0. The Labute approximate surface area is 159 Å². The van der Waals surface area contributed by atoms with Gasteiger partial charge in [-0.2, -0.15) is 0 Å². The lowest BCUT2D eigenvalue weighted by Gasteiger charge is -2.09. The monoisotopic (exact) mass is 384 g/mol. The molecule has 3 aromatic rings. The zero-order valence-electron chi connectivity index (χ0n) is 14.5. The van der Waals surface area contributed by atoms with E-state index in [0.29, 0.717) is 5.56 Å². The number of nitrogens with one attached hydrogen (secondary N) is 2. The Morgan fingerprint density at radius 2 is 1.21 bits per heavy atom. The molecule has 142 valence electrons. The van der Waals surface area contributed by atoms with Crippen molar-refractivity contribution in [2.45, 2.75) is 6.54 Å². The van der Waals surface area contributed by atoms with Crippen molar-refractivity contribution in [3.63, 3.8) is 0 Å². The molecule has 0 aliphatic heterocycles. The predicted molar refractivity (Wildman–Crippen MR) is 98.3 cm³/mol. The average Bonchev–Trinajstić information content (AvgIpc) is 2.70. The first-order valence-corrected chi connectivity index (χ1v) is 8.33. The van der Waals surface area contributed by atoms with Crippen LogP contribution in [0.1, 0.15) is 26.3 Å². The molecule has 2 N–H and O–H groups in total. The van der Waals surface area contributed by atoms with Gasteiger partial charge in [-0.1, -0.05) is 24.3 Å². The van der Waals surface area contributed by atoms with Gasteiger partial charge in [0.25, 0.3) is 11.8 Å². The van der Waals surface area contributed by atoms with Crippen molar-refractivity contribution >= 4 is 17.5 Å². The van der Waals surface area contributed by atoms with E-state index in [-0.39, 0.29) is 17.7 Å². The van der Waals surface area contributed by atoms with Crippen LogP contribution in [0.3, 0.4) is 0 Å². The van der Waals surface area contributed by atoms with Crippen LogP contribution in [0.4, 0.5) is 18.9 Å². The molecule has 0 radical (unpaired) electrons. The lowest BCUT2D eigenvalue weighted by molar-refractivity contribution is 0.0948. The molecule has 2 amide bonds. The van der Waals surface area contributed by atoms with E-state index in [1.165, 1.54) is 36.4 Å².